The highest BCUT2D eigenvalue weighted by Crippen LogP contribution is 2.34. The molecular weight excluding hydrogens is 436 g/mol. The molecule has 0 saturated carbocycles. The first-order chi connectivity index (χ1) is 16.3. The van der Waals surface area contributed by atoms with Crippen LogP contribution in [0.5, 0.6) is 0 Å². The van der Waals surface area contributed by atoms with Crippen molar-refractivity contribution < 1.29 is 14.4 Å². The zero-order valence-corrected chi connectivity index (χ0v) is 19.3. The molecule has 0 aromatic carbocycles. The van der Waals surface area contributed by atoms with Gasteiger partial charge in [0.05, 0.1) is 34.2 Å². The molecule has 1 fully saturated rings. The standard InChI is InChI=1S/C23H24N8O3/c1-13-20(14(2)31(4)28-13)27-22-24-10-8-17(26-22)15-6-5-7-16(25-15)18-12-19(34-29-18)23(33)9-11-30(3)21(23)32/h5-8,10,12,33H,9,11H2,1-4H3,(H,24,26,27). The Morgan fingerprint density at radius 3 is 2.50 bits per heavy atom. The second kappa shape index (κ2) is 8.03. The third-order valence-corrected chi connectivity index (χ3v) is 6.10. The number of hydrogen-bond donors (Lipinski definition) is 2. The van der Waals surface area contributed by atoms with Crippen molar-refractivity contribution >= 4 is 17.5 Å². The van der Waals surface area contributed by atoms with Gasteiger partial charge in [0.15, 0.2) is 5.76 Å². The van der Waals surface area contributed by atoms with Gasteiger partial charge in [-0.15, -0.1) is 0 Å². The highest BCUT2D eigenvalue weighted by molar-refractivity contribution is 5.87. The van der Waals surface area contributed by atoms with Crippen LogP contribution in [0.2, 0.25) is 0 Å². The zero-order valence-electron chi connectivity index (χ0n) is 19.3. The largest absolute Gasteiger partial charge is 0.373 e. The zero-order chi connectivity index (χ0) is 24.0. The molecule has 0 aliphatic carbocycles. The molecule has 1 aliphatic heterocycles. The van der Waals surface area contributed by atoms with Crippen LogP contribution in [0.15, 0.2) is 41.1 Å². The number of carbonyl (C=O) groups is 1. The summed E-state index contributed by atoms with van der Waals surface area (Å²) in [6.07, 6.45) is 1.91. The minimum absolute atomic E-state index is 0.111. The van der Waals surface area contributed by atoms with Crippen LogP contribution in [-0.2, 0) is 17.4 Å². The second-order valence-corrected chi connectivity index (χ2v) is 8.38. The van der Waals surface area contributed by atoms with Gasteiger partial charge in [-0.25, -0.2) is 15.0 Å². The summed E-state index contributed by atoms with van der Waals surface area (Å²) >= 11 is 0. The fourth-order valence-corrected chi connectivity index (χ4v) is 4.02. The summed E-state index contributed by atoms with van der Waals surface area (Å²) in [4.78, 5) is 27.4. The number of aliphatic hydroxyl groups is 1. The van der Waals surface area contributed by atoms with Crippen LogP contribution in [0, 0.1) is 13.8 Å². The van der Waals surface area contributed by atoms with E-state index in [1.54, 1.807) is 36.1 Å². The molecule has 1 aliphatic rings. The lowest BCUT2D eigenvalue weighted by Gasteiger charge is -2.16. The molecule has 11 nitrogen and oxygen atoms in total. The molecule has 1 atom stereocenters. The number of aromatic nitrogens is 6. The van der Waals surface area contributed by atoms with E-state index >= 15 is 0 Å². The number of likely N-dealkylation sites (N-methyl/N-ethyl adjacent to an activating group) is 1. The number of nitrogens with one attached hydrogen (secondary N) is 1. The van der Waals surface area contributed by atoms with Gasteiger partial charge < -0.3 is 19.8 Å². The Hall–Kier alpha value is -4.12. The lowest BCUT2D eigenvalue weighted by molar-refractivity contribution is -0.144. The van der Waals surface area contributed by atoms with Gasteiger partial charge in [0.25, 0.3) is 5.91 Å². The Labute approximate surface area is 195 Å². The van der Waals surface area contributed by atoms with Gasteiger partial charge in [0.1, 0.15) is 5.69 Å². The van der Waals surface area contributed by atoms with Crippen molar-refractivity contribution in [3.8, 4) is 22.8 Å². The van der Waals surface area contributed by atoms with Gasteiger partial charge in [0, 0.05) is 39.3 Å². The van der Waals surface area contributed by atoms with E-state index in [0.717, 1.165) is 17.1 Å². The quantitative estimate of drug-likeness (QED) is 0.460. The van der Waals surface area contributed by atoms with E-state index in [2.05, 4.69) is 30.5 Å². The highest BCUT2D eigenvalue weighted by atomic mass is 16.5. The van der Waals surface area contributed by atoms with E-state index in [-0.39, 0.29) is 12.2 Å². The summed E-state index contributed by atoms with van der Waals surface area (Å²) in [5.74, 6) is 0.135. The van der Waals surface area contributed by atoms with E-state index < -0.39 is 11.5 Å². The first kappa shape index (κ1) is 21.7. The van der Waals surface area contributed by atoms with Crippen molar-refractivity contribution in [2.24, 2.45) is 7.05 Å². The predicted molar refractivity (Wildman–Crippen MR) is 123 cm³/mol. The average molecular weight is 460 g/mol. The predicted octanol–water partition coefficient (Wildman–Crippen LogP) is 2.34. The number of rotatable bonds is 5. The molecule has 5 heterocycles. The van der Waals surface area contributed by atoms with Crippen molar-refractivity contribution in [3.63, 3.8) is 0 Å². The minimum atomic E-state index is -1.70. The van der Waals surface area contributed by atoms with Crippen LogP contribution in [0.25, 0.3) is 22.8 Å². The van der Waals surface area contributed by atoms with Gasteiger partial charge in [-0.1, -0.05) is 11.2 Å². The number of hydrogen-bond acceptors (Lipinski definition) is 9. The van der Waals surface area contributed by atoms with Crippen molar-refractivity contribution in [3.05, 3.63) is 53.7 Å². The molecule has 4 aromatic heterocycles. The topological polar surface area (TPSA) is 135 Å². The molecule has 0 bridgehead atoms. The molecule has 5 rings (SSSR count). The molecule has 1 unspecified atom stereocenters. The summed E-state index contributed by atoms with van der Waals surface area (Å²) in [5, 5.41) is 22.5. The van der Waals surface area contributed by atoms with E-state index in [1.165, 1.54) is 4.90 Å². The van der Waals surface area contributed by atoms with E-state index in [9.17, 15) is 9.90 Å². The highest BCUT2D eigenvalue weighted by Gasteiger charge is 2.48. The molecule has 11 heteroatoms. The molecule has 1 amide bonds. The number of nitrogens with zero attached hydrogens (tertiary/aromatic N) is 7. The average Bonchev–Trinajstić information content (AvgIpc) is 3.51. The second-order valence-electron chi connectivity index (χ2n) is 8.38. The van der Waals surface area contributed by atoms with Crippen LogP contribution in [0.4, 0.5) is 11.6 Å². The van der Waals surface area contributed by atoms with Crippen LogP contribution in [-0.4, -0.2) is 59.4 Å². The number of carbonyl (C=O) groups excluding carboxylic acids is 1. The third-order valence-electron chi connectivity index (χ3n) is 6.10. The van der Waals surface area contributed by atoms with Gasteiger partial charge in [-0.05, 0) is 32.0 Å². The Kier molecular flexibility index (Phi) is 5.13. The Balaban J connectivity index is 1.43. The molecule has 174 valence electrons. The van der Waals surface area contributed by atoms with Crippen LogP contribution >= 0.6 is 0 Å². The van der Waals surface area contributed by atoms with E-state index in [0.29, 0.717) is 35.3 Å². The number of amides is 1. The van der Waals surface area contributed by atoms with Crippen molar-refractivity contribution in [1.29, 1.82) is 0 Å². The molecular formula is C23H24N8O3. The van der Waals surface area contributed by atoms with Crippen LogP contribution < -0.4 is 5.32 Å². The maximum absolute atomic E-state index is 12.4. The number of aryl methyl sites for hydroxylation is 2. The minimum Gasteiger partial charge on any atom is -0.373 e. The number of likely N-dealkylation sites (tertiary alicyclic amines) is 1. The summed E-state index contributed by atoms with van der Waals surface area (Å²) < 4.78 is 7.15. The third kappa shape index (κ3) is 3.59. The normalized spacial score (nSPS) is 18.0. The van der Waals surface area contributed by atoms with Crippen LogP contribution in [0.3, 0.4) is 0 Å². The summed E-state index contributed by atoms with van der Waals surface area (Å²) in [5.41, 5.74) is 3.17. The smallest absolute Gasteiger partial charge is 0.262 e. The molecule has 0 radical (unpaired) electrons. The first-order valence-corrected chi connectivity index (χ1v) is 10.8. The van der Waals surface area contributed by atoms with Gasteiger partial charge in [-0.2, -0.15) is 5.10 Å². The molecule has 1 saturated heterocycles. The molecule has 0 spiro atoms. The maximum Gasteiger partial charge on any atom is 0.262 e. The van der Waals surface area contributed by atoms with Gasteiger partial charge >= 0.3 is 0 Å². The Morgan fingerprint density at radius 1 is 1.09 bits per heavy atom. The monoisotopic (exact) mass is 460 g/mol. The van der Waals surface area contributed by atoms with Crippen molar-refractivity contribution in [2.45, 2.75) is 25.9 Å². The van der Waals surface area contributed by atoms with E-state index in [1.807, 2.05) is 33.0 Å². The maximum atomic E-state index is 12.4. The molecule has 4 aromatic rings. The molecule has 2 N–H and O–H groups in total. The lowest BCUT2D eigenvalue weighted by Crippen LogP contribution is -2.35. The summed E-state index contributed by atoms with van der Waals surface area (Å²) in [6.45, 7) is 4.34. The number of anilines is 2. The van der Waals surface area contributed by atoms with Gasteiger partial charge in [-0.3, -0.25) is 9.48 Å². The van der Waals surface area contributed by atoms with Crippen molar-refractivity contribution in [1.82, 2.24) is 34.8 Å². The summed E-state index contributed by atoms with van der Waals surface area (Å²) in [6, 6.07) is 8.77. The Bertz CT molecular complexity index is 1390. The van der Waals surface area contributed by atoms with Gasteiger partial charge in [0.2, 0.25) is 11.5 Å². The SMILES string of the molecule is Cc1nn(C)c(C)c1Nc1nccc(-c2cccc(-c3cc(C4(O)CCN(C)C4=O)on3)n2)n1. The van der Waals surface area contributed by atoms with Crippen molar-refractivity contribution in [2.75, 3.05) is 18.9 Å². The fraction of sp³-hybridized carbons (Fsp3) is 0.304. The summed E-state index contributed by atoms with van der Waals surface area (Å²) in [7, 11) is 3.53. The van der Waals surface area contributed by atoms with Crippen LogP contribution in [0.1, 0.15) is 23.6 Å². The first-order valence-electron chi connectivity index (χ1n) is 10.8. The number of pyridine rings is 1. The lowest BCUT2D eigenvalue weighted by atomic mass is 9.98. The Morgan fingerprint density at radius 2 is 1.82 bits per heavy atom. The van der Waals surface area contributed by atoms with E-state index in [4.69, 9.17) is 4.52 Å². The molecule has 34 heavy (non-hydrogen) atoms. The fourth-order valence-electron chi connectivity index (χ4n) is 4.02.